The van der Waals surface area contributed by atoms with Crippen molar-refractivity contribution >= 4 is 39.1 Å². The Morgan fingerprint density at radius 2 is 2.16 bits per heavy atom. The van der Waals surface area contributed by atoms with Crippen LogP contribution in [0.3, 0.4) is 0 Å². The molecule has 1 heterocycles. The van der Waals surface area contributed by atoms with Crippen molar-refractivity contribution in [2.24, 2.45) is 0 Å². The first-order chi connectivity index (χ1) is 9.10. The van der Waals surface area contributed by atoms with E-state index in [-0.39, 0.29) is 5.91 Å². The van der Waals surface area contributed by atoms with Crippen molar-refractivity contribution in [3.63, 3.8) is 0 Å². The summed E-state index contributed by atoms with van der Waals surface area (Å²) in [5, 5.41) is 3.11. The summed E-state index contributed by atoms with van der Waals surface area (Å²) in [6.45, 7) is 0. The predicted molar refractivity (Wildman–Crippen MR) is 77.9 cm³/mol. The van der Waals surface area contributed by atoms with Crippen molar-refractivity contribution in [3.8, 4) is 5.88 Å². The molecule has 1 aromatic carbocycles. The van der Waals surface area contributed by atoms with Crippen LogP contribution in [0, 0.1) is 0 Å². The monoisotopic (exact) mass is 340 g/mol. The first kappa shape index (κ1) is 13.8. The van der Waals surface area contributed by atoms with Crippen LogP contribution in [-0.4, -0.2) is 18.0 Å². The maximum atomic E-state index is 12.1. The van der Waals surface area contributed by atoms with Gasteiger partial charge in [-0.3, -0.25) is 4.79 Å². The zero-order valence-electron chi connectivity index (χ0n) is 9.98. The van der Waals surface area contributed by atoms with Gasteiger partial charge in [-0.2, -0.15) is 0 Å². The van der Waals surface area contributed by atoms with E-state index in [1.165, 1.54) is 13.3 Å². The summed E-state index contributed by atoms with van der Waals surface area (Å²) in [4.78, 5) is 16.1. The normalized spacial score (nSPS) is 10.1. The molecule has 0 saturated carbocycles. The summed E-state index contributed by atoms with van der Waals surface area (Å²) in [5.41, 5.74) is 0.966. The third kappa shape index (κ3) is 3.45. The van der Waals surface area contributed by atoms with Gasteiger partial charge in [-0.25, -0.2) is 4.98 Å². The number of nitrogens with one attached hydrogen (secondary N) is 1. The molecule has 6 heteroatoms. The van der Waals surface area contributed by atoms with Gasteiger partial charge in [0.2, 0.25) is 5.88 Å². The Hall–Kier alpha value is -1.59. The molecule has 0 aliphatic carbocycles. The van der Waals surface area contributed by atoms with Crippen LogP contribution < -0.4 is 10.1 Å². The molecule has 0 saturated heterocycles. The minimum absolute atomic E-state index is 0.293. The van der Waals surface area contributed by atoms with Crippen LogP contribution in [0.1, 0.15) is 10.4 Å². The number of aromatic nitrogens is 1. The van der Waals surface area contributed by atoms with E-state index in [0.29, 0.717) is 22.2 Å². The molecule has 19 heavy (non-hydrogen) atoms. The molecular weight excluding hydrogens is 332 g/mol. The highest BCUT2D eigenvalue weighted by atomic mass is 79.9. The smallest absolute Gasteiger partial charge is 0.257 e. The Labute approximate surface area is 123 Å². The summed E-state index contributed by atoms with van der Waals surface area (Å²) in [6, 6.07) is 8.46. The Morgan fingerprint density at radius 1 is 1.37 bits per heavy atom. The zero-order chi connectivity index (χ0) is 13.8. The highest BCUT2D eigenvalue weighted by molar-refractivity contribution is 9.10. The molecule has 2 aromatic rings. The predicted octanol–water partition coefficient (Wildman–Crippen LogP) is 3.76. The number of hydrogen-bond donors (Lipinski definition) is 1. The van der Waals surface area contributed by atoms with Gasteiger partial charge in [0.15, 0.2) is 0 Å². The average Bonchev–Trinajstić information content (AvgIpc) is 2.42. The number of anilines is 1. The number of benzene rings is 1. The molecular formula is C13H10BrClN2O2. The Morgan fingerprint density at radius 3 is 2.79 bits per heavy atom. The number of rotatable bonds is 3. The fourth-order valence-corrected chi connectivity index (χ4v) is 2.01. The van der Waals surface area contributed by atoms with Crippen molar-refractivity contribution in [2.75, 3.05) is 12.4 Å². The Bertz CT molecular complexity index is 602. The first-order valence-corrected chi connectivity index (χ1v) is 6.53. The number of nitrogens with zero attached hydrogens (tertiary/aromatic N) is 1. The van der Waals surface area contributed by atoms with Crippen LogP contribution in [0.2, 0.25) is 5.02 Å². The molecule has 0 unspecified atom stereocenters. The van der Waals surface area contributed by atoms with Crippen LogP contribution in [0.25, 0.3) is 0 Å². The summed E-state index contributed by atoms with van der Waals surface area (Å²) in [7, 11) is 1.53. The van der Waals surface area contributed by atoms with Crippen molar-refractivity contribution in [1.29, 1.82) is 0 Å². The molecule has 0 bridgehead atoms. The largest absolute Gasteiger partial charge is 0.481 e. The number of pyridine rings is 1. The van der Waals surface area contributed by atoms with E-state index >= 15 is 0 Å². The molecule has 2 rings (SSSR count). The fourth-order valence-electron chi connectivity index (χ4n) is 1.44. The maximum absolute atomic E-state index is 12.1. The highest BCUT2D eigenvalue weighted by Crippen LogP contribution is 2.22. The van der Waals surface area contributed by atoms with Gasteiger partial charge in [0.05, 0.1) is 29.6 Å². The lowest BCUT2D eigenvalue weighted by molar-refractivity contribution is 0.102. The number of carbonyl (C=O) groups excluding carboxylic acids is 1. The van der Waals surface area contributed by atoms with Gasteiger partial charge in [-0.15, -0.1) is 0 Å². The SMILES string of the molecule is COc1ccc(NC(=O)c2cc(Br)ccc2Cl)cn1. The zero-order valence-corrected chi connectivity index (χ0v) is 12.3. The average molecular weight is 342 g/mol. The summed E-state index contributed by atoms with van der Waals surface area (Å²) >= 11 is 9.29. The number of halogens is 2. The summed E-state index contributed by atoms with van der Waals surface area (Å²) in [5.74, 6) is 0.191. The van der Waals surface area contributed by atoms with Crippen LogP contribution in [-0.2, 0) is 0 Å². The second kappa shape index (κ2) is 6.04. The van der Waals surface area contributed by atoms with E-state index in [0.717, 1.165) is 4.47 Å². The lowest BCUT2D eigenvalue weighted by Gasteiger charge is -2.07. The topological polar surface area (TPSA) is 51.2 Å². The standard InChI is InChI=1S/C13H10BrClN2O2/c1-19-12-5-3-9(7-16-12)17-13(18)10-6-8(14)2-4-11(10)15/h2-7H,1H3,(H,17,18). The quantitative estimate of drug-likeness (QED) is 0.925. The number of hydrogen-bond acceptors (Lipinski definition) is 3. The molecule has 1 amide bonds. The van der Waals surface area contributed by atoms with Gasteiger partial charge in [-0.1, -0.05) is 27.5 Å². The van der Waals surface area contributed by atoms with Gasteiger partial charge >= 0.3 is 0 Å². The third-order valence-electron chi connectivity index (χ3n) is 2.38. The second-order valence-corrected chi connectivity index (χ2v) is 4.99. The van der Waals surface area contributed by atoms with Gasteiger partial charge in [0.25, 0.3) is 5.91 Å². The fraction of sp³-hybridized carbons (Fsp3) is 0.0769. The van der Waals surface area contributed by atoms with E-state index in [4.69, 9.17) is 16.3 Å². The molecule has 0 aliphatic rings. The molecule has 98 valence electrons. The first-order valence-electron chi connectivity index (χ1n) is 5.36. The van der Waals surface area contributed by atoms with Crippen molar-refractivity contribution in [2.45, 2.75) is 0 Å². The van der Waals surface area contributed by atoms with Crippen molar-refractivity contribution < 1.29 is 9.53 Å². The molecule has 1 N–H and O–H groups in total. The summed E-state index contributed by atoms with van der Waals surface area (Å²) < 4.78 is 5.73. The Kier molecular flexibility index (Phi) is 4.39. The molecule has 0 spiro atoms. The van der Waals surface area contributed by atoms with Crippen molar-refractivity contribution in [1.82, 2.24) is 4.98 Å². The van der Waals surface area contributed by atoms with Gasteiger partial charge in [0, 0.05) is 10.5 Å². The maximum Gasteiger partial charge on any atom is 0.257 e. The van der Waals surface area contributed by atoms with Crippen LogP contribution in [0.4, 0.5) is 5.69 Å². The van der Waals surface area contributed by atoms with Gasteiger partial charge in [0.1, 0.15) is 0 Å². The highest BCUT2D eigenvalue weighted by Gasteiger charge is 2.11. The van der Waals surface area contributed by atoms with Crippen LogP contribution >= 0.6 is 27.5 Å². The third-order valence-corrected chi connectivity index (χ3v) is 3.20. The minimum Gasteiger partial charge on any atom is -0.481 e. The van der Waals surface area contributed by atoms with Crippen molar-refractivity contribution in [3.05, 3.63) is 51.6 Å². The van der Waals surface area contributed by atoms with E-state index in [1.54, 1.807) is 30.3 Å². The molecule has 0 atom stereocenters. The molecule has 1 aromatic heterocycles. The summed E-state index contributed by atoms with van der Waals surface area (Å²) in [6.07, 6.45) is 1.52. The van der Waals surface area contributed by atoms with E-state index in [9.17, 15) is 4.79 Å². The van der Waals surface area contributed by atoms with Gasteiger partial charge < -0.3 is 10.1 Å². The lowest BCUT2D eigenvalue weighted by Crippen LogP contribution is -2.12. The lowest BCUT2D eigenvalue weighted by atomic mass is 10.2. The number of methoxy groups -OCH3 is 1. The van der Waals surface area contributed by atoms with Crippen LogP contribution in [0.15, 0.2) is 41.0 Å². The van der Waals surface area contributed by atoms with E-state index in [1.807, 2.05) is 0 Å². The van der Waals surface area contributed by atoms with Crippen LogP contribution in [0.5, 0.6) is 5.88 Å². The molecule has 0 aliphatic heterocycles. The van der Waals surface area contributed by atoms with E-state index in [2.05, 4.69) is 26.2 Å². The molecule has 0 radical (unpaired) electrons. The minimum atomic E-state index is -0.293. The number of carbonyl (C=O) groups is 1. The second-order valence-electron chi connectivity index (χ2n) is 3.67. The van der Waals surface area contributed by atoms with E-state index < -0.39 is 0 Å². The Balaban J connectivity index is 2.18. The molecule has 4 nitrogen and oxygen atoms in total. The molecule has 0 fully saturated rings. The number of amides is 1. The van der Waals surface area contributed by atoms with Gasteiger partial charge in [-0.05, 0) is 24.3 Å². The number of ether oxygens (including phenoxy) is 1.